The maximum absolute atomic E-state index is 7.15. The summed E-state index contributed by atoms with van der Waals surface area (Å²) < 4.78 is 0. The van der Waals surface area contributed by atoms with E-state index in [2.05, 4.69) is 6.92 Å². The molecule has 0 heterocycles. The summed E-state index contributed by atoms with van der Waals surface area (Å²) in [5.41, 5.74) is 14.3. The van der Waals surface area contributed by atoms with Crippen molar-refractivity contribution in [1.82, 2.24) is 0 Å². The first-order chi connectivity index (χ1) is 6.30. The van der Waals surface area contributed by atoms with Crippen molar-refractivity contribution in [3.8, 4) is 0 Å². The Balaban J connectivity index is -0.0000000369. The SMILES string of the molecule is CC.CC.[CH2-]C.[CH3-].[NH-]C1CCCC1[NH-].[Pt+4]. The molecule has 1 fully saturated rings. The first-order valence-electron chi connectivity index (χ1n) is 5.43. The van der Waals surface area contributed by atoms with Gasteiger partial charge in [-0.25, -0.2) is 0 Å². The van der Waals surface area contributed by atoms with Gasteiger partial charge in [0.25, 0.3) is 0 Å². The second-order valence-corrected chi connectivity index (χ2v) is 2.14. The molecule has 0 amide bonds. The summed E-state index contributed by atoms with van der Waals surface area (Å²) in [6.45, 7) is 13.0. The van der Waals surface area contributed by atoms with E-state index in [4.69, 9.17) is 11.5 Å². The van der Waals surface area contributed by atoms with Crippen molar-refractivity contribution >= 4 is 0 Å². The molecule has 2 unspecified atom stereocenters. The van der Waals surface area contributed by atoms with Crippen LogP contribution in [0.1, 0.15) is 53.9 Å². The van der Waals surface area contributed by atoms with Crippen LogP contribution in [0.2, 0.25) is 0 Å². The maximum atomic E-state index is 7.15. The number of hydrogen-bond donors (Lipinski definition) is 0. The Labute approximate surface area is 113 Å². The van der Waals surface area contributed by atoms with Crippen LogP contribution in [0.25, 0.3) is 11.5 Å². The Bertz CT molecular complexity index is 62.6. The fraction of sp³-hybridized carbons (Fsp3) is 0.833. The number of nitrogens with one attached hydrogen (secondary N) is 2. The largest absolute Gasteiger partial charge is 4.00 e. The molecule has 0 aromatic rings. The fourth-order valence-electron chi connectivity index (χ4n) is 0.960. The molecule has 2 N–H and O–H groups in total. The van der Waals surface area contributed by atoms with E-state index in [1.807, 2.05) is 27.7 Å². The van der Waals surface area contributed by atoms with Gasteiger partial charge in [-0.3, -0.25) is 0 Å². The summed E-state index contributed by atoms with van der Waals surface area (Å²) in [6.07, 6.45) is 3.00. The zero-order chi connectivity index (χ0) is 11.3. The van der Waals surface area contributed by atoms with Crippen molar-refractivity contribution < 1.29 is 21.1 Å². The van der Waals surface area contributed by atoms with Crippen molar-refractivity contribution in [3.05, 3.63) is 25.8 Å². The molecule has 2 atom stereocenters. The molecule has 0 bridgehead atoms. The Hall–Kier alpha value is 0.608. The van der Waals surface area contributed by atoms with E-state index >= 15 is 0 Å². The van der Waals surface area contributed by atoms with Gasteiger partial charge in [0, 0.05) is 0 Å². The van der Waals surface area contributed by atoms with Gasteiger partial charge in [-0.05, 0) is 0 Å². The minimum absolute atomic E-state index is 0. The molecule has 15 heavy (non-hydrogen) atoms. The number of hydrogen-bond acceptors (Lipinski definition) is 0. The summed E-state index contributed by atoms with van der Waals surface area (Å²) in [7, 11) is 0. The van der Waals surface area contributed by atoms with Gasteiger partial charge in [-0.1, -0.05) is 47.0 Å². The van der Waals surface area contributed by atoms with Gasteiger partial charge in [0.2, 0.25) is 0 Å². The smallest absolute Gasteiger partial charge is 0.676 e. The first-order valence-corrected chi connectivity index (χ1v) is 5.43. The monoisotopic (exact) mass is 397 g/mol. The number of rotatable bonds is 0. The third-order valence-corrected chi connectivity index (χ3v) is 1.52. The Morgan fingerprint density at radius 2 is 1.07 bits per heavy atom. The van der Waals surface area contributed by atoms with Crippen molar-refractivity contribution in [2.45, 2.75) is 66.0 Å². The molecule has 0 spiro atoms. The Morgan fingerprint density at radius 1 is 0.867 bits per heavy atom. The van der Waals surface area contributed by atoms with Gasteiger partial charge < -0.3 is 25.8 Å². The quantitative estimate of drug-likeness (QED) is 0.495. The first kappa shape index (κ1) is 29.6. The molecule has 0 aromatic heterocycles. The maximum Gasteiger partial charge on any atom is 4.00 e. The minimum atomic E-state index is -0.0694. The van der Waals surface area contributed by atoms with Crippen LogP contribution < -0.4 is 0 Å². The van der Waals surface area contributed by atoms with Crippen LogP contribution in [-0.2, 0) is 21.1 Å². The van der Waals surface area contributed by atoms with Crippen LogP contribution in [0.4, 0.5) is 0 Å². The van der Waals surface area contributed by atoms with Gasteiger partial charge in [-0.15, -0.1) is 0 Å². The van der Waals surface area contributed by atoms with Crippen molar-refractivity contribution in [1.29, 1.82) is 0 Å². The average Bonchev–Trinajstić information content (AvgIpc) is 2.61. The van der Waals surface area contributed by atoms with Crippen LogP contribution in [0.3, 0.4) is 0 Å². The van der Waals surface area contributed by atoms with Crippen LogP contribution in [0.15, 0.2) is 0 Å². The van der Waals surface area contributed by atoms with Gasteiger partial charge in [0.15, 0.2) is 0 Å². The Morgan fingerprint density at radius 3 is 1.13 bits per heavy atom. The molecule has 0 saturated heterocycles. The summed E-state index contributed by atoms with van der Waals surface area (Å²) in [5, 5.41) is 0. The van der Waals surface area contributed by atoms with Gasteiger partial charge >= 0.3 is 21.1 Å². The predicted octanol–water partition coefficient (Wildman–Crippen LogP) is 5.35. The summed E-state index contributed by atoms with van der Waals surface area (Å²) in [6, 6.07) is -0.139. The average molecular weight is 397 g/mol. The zero-order valence-electron chi connectivity index (χ0n) is 11.3. The molecule has 98 valence electrons. The standard InChI is InChI=1S/C5H10N2.2C2H6.C2H5.CH3.Pt/c6-4-2-1-3-5(4)7;3*1-2;;/h4-7H,1-3H2;2*1-2H3;1H2,2H3;1H3;/q-2;;;2*-1;+4. The fourth-order valence-corrected chi connectivity index (χ4v) is 0.960. The molecule has 0 aromatic carbocycles. The zero-order valence-corrected chi connectivity index (χ0v) is 13.6. The van der Waals surface area contributed by atoms with Gasteiger partial charge in [0.05, 0.1) is 0 Å². The normalized spacial score (nSPS) is 20.8. The van der Waals surface area contributed by atoms with E-state index in [1.54, 1.807) is 6.92 Å². The molecule has 0 radical (unpaired) electrons. The predicted molar refractivity (Wildman–Crippen MR) is 70.2 cm³/mol. The molecule has 1 aliphatic rings. The van der Waals surface area contributed by atoms with E-state index < -0.39 is 0 Å². The molecular formula is C12H30N2Pt. The van der Waals surface area contributed by atoms with E-state index in [9.17, 15) is 0 Å². The summed E-state index contributed by atoms with van der Waals surface area (Å²) >= 11 is 0. The molecule has 3 heteroatoms. The molecule has 1 saturated carbocycles. The third kappa shape index (κ3) is 20.6. The van der Waals surface area contributed by atoms with Crippen molar-refractivity contribution in [2.75, 3.05) is 0 Å². The van der Waals surface area contributed by atoms with E-state index in [0.717, 1.165) is 19.3 Å². The van der Waals surface area contributed by atoms with Crippen molar-refractivity contribution in [2.24, 2.45) is 0 Å². The van der Waals surface area contributed by atoms with Crippen LogP contribution in [0, 0.1) is 14.4 Å². The van der Waals surface area contributed by atoms with Crippen LogP contribution in [-0.4, -0.2) is 12.1 Å². The molecule has 1 aliphatic carbocycles. The topological polar surface area (TPSA) is 47.6 Å². The molecule has 1 rings (SSSR count). The Kier molecular flexibility index (Phi) is 57.8. The van der Waals surface area contributed by atoms with E-state index in [0.29, 0.717) is 0 Å². The van der Waals surface area contributed by atoms with Crippen LogP contribution in [0.5, 0.6) is 0 Å². The van der Waals surface area contributed by atoms with Crippen LogP contribution >= 0.6 is 0 Å². The molecular weight excluding hydrogens is 367 g/mol. The summed E-state index contributed by atoms with van der Waals surface area (Å²) in [5.74, 6) is 0. The molecule has 0 aliphatic heterocycles. The third-order valence-electron chi connectivity index (χ3n) is 1.52. The van der Waals surface area contributed by atoms with E-state index in [1.165, 1.54) is 0 Å². The molecule has 2 nitrogen and oxygen atoms in total. The van der Waals surface area contributed by atoms with Gasteiger partial charge in [-0.2, -0.15) is 19.0 Å². The van der Waals surface area contributed by atoms with E-state index in [-0.39, 0.29) is 40.6 Å². The summed E-state index contributed by atoms with van der Waals surface area (Å²) in [4.78, 5) is 0. The second kappa shape index (κ2) is 29.3. The minimum Gasteiger partial charge on any atom is -0.676 e. The van der Waals surface area contributed by atoms with Gasteiger partial charge in [0.1, 0.15) is 0 Å². The van der Waals surface area contributed by atoms with Crippen molar-refractivity contribution in [3.63, 3.8) is 0 Å². The second-order valence-electron chi connectivity index (χ2n) is 2.14.